The molecule has 1 aliphatic rings. The molecular formula is C9H15N3OS2. The first-order valence-corrected chi connectivity index (χ1v) is 6.88. The molecule has 84 valence electrons. The van der Waals surface area contributed by atoms with Crippen molar-refractivity contribution in [2.24, 2.45) is 0 Å². The maximum atomic E-state index is 4.97. The molecule has 1 N–H and O–H groups in total. The van der Waals surface area contributed by atoms with Crippen molar-refractivity contribution in [3.05, 3.63) is 5.82 Å². The van der Waals surface area contributed by atoms with Crippen LogP contribution in [-0.4, -0.2) is 34.0 Å². The molecule has 1 fully saturated rings. The Bertz CT molecular complexity index is 325. The van der Waals surface area contributed by atoms with E-state index < -0.39 is 0 Å². The quantitative estimate of drug-likeness (QED) is 0.830. The summed E-state index contributed by atoms with van der Waals surface area (Å²) in [5.74, 6) is 0.763. The molecule has 2 rings (SSSR count). The number of aromatic nitrogens is 2. The van der Waals surface area contributed by atoms with E-state index in [1.54, 1.807) is 7.11 Å². The summed E-state index contributed by atoms with van der Waals surface area (Å²) in [5.41, 5.74) is 0. The molecule has 15 heavy (non-hydrogen) atoms. The molecule has 1 aliphatic carbocycles. The molecular weight excluding hydrogens is 230 g/mol. The van der Waals surface area contributed by atoms with E-state index in [9.17, 15) is 0 Å². The van der Waals surface area contributed by atoms with E-state index in [1.165, 1.54) is 24.4 Å². The van der Waals surface area contributed by atoms with Gasteiger partial charge in [0, 0.05) is 29.9 Å². The van der Waals surface area contributed by atoms with Crippen LogP contribution in [0.1, 0.15) is 18.7 Å². The summed E-state index contributed by atoms with van der Waals surface area (Å²) in [6.45, 7) is 1.49. The Morgan fingerprint density at radius 2 is 2.40 bits per heavy atom. The van der Waals surface area contributed by atoms with Gasteiger partial charge in [0.2, 0.25) is 5.13 Å². The number of methoxy groups -OCH3 is 1. The van der Waals surface area contributed by atoms with Crippen molar-refractivity contribution in [3.63, 3.8) is 0 Å². The van der Waals surface area contributed by atoms with Gasteiger partial charge in [-0.15, -0.1) is 0 Å². The van der Waals surface area contributed by atoms with E-state index in [0.717, 1.165) is 17.5 Å². The second-order valence-electron chi connectivity index (χ2n) is 3.69. The molecule has 1 aromatic heterocycles. The lowest BCUT2D eigenvalue weighted by molar-refractivity contribution is 0.179. The first-order valence-electron chi connectivity index (χ1n) is 4.88. The number of ether oxygens (including phenoxy) is 1. The zero-order chi connectivity index (χ0) is 10.7. The molecule has 1 heterocycles. The molecule has 0 aromatic carbocycles. The summed E-state index contributed by atoms with van der Waals surface area (Å²) in [7, 11) is 1.65. The average Bonchev–Trinajstić information content (AvgIpc) is 2.91. The van der Waals surface area contributed by atoms with Gasteiger partial charge in [0.15, 0.2) is 5.82 Å². The second-order valence-corrected chi connectivity index (χ2v) is 5.72. The van der Waals surface area contributed by atoms with E-state index in [-0.39, 0.29) is 0 Å². The lowest BCUT2D eigenvalue weighted by Crippen LogP contribution is -2.17. The van der Waals surface area contributed by atoms with Gasteiger partial charge in [-0.05, 0) is 19.1 Å². The summed E-state index contributed by atoms with van der Waals surface area (Å²) < 4.78 is 9.62. The maximum Gasteiger partial charge on any atom is 0.202 e. The molecule has 4 nitrogen and oxygen atoms in total. The predicted molar refractivity (Wildman–Crippen MR) is 64.6 cm³/mol. The van der Waals surface area contributed by atoms with E-state index in [1.807, 2.05) is 11.8 Å². The highest BCUT2D eigenvalue weighted by molar-refractivity contribution is 8.00. The van der Waals surface area contributed by atoms with E-state index in [2.05, 4.69) is 20.9 Å². The Balaban J connectivity index is 1.83. The van der Waals surface area contributed by atoms with Crippen LogP contribution in [-0.2, 0) is 11.3 Å². The van der Waals surface area contributed by atoms with Gasteiger partial charge in [-0.2, -0.15) is 16.1 Å². The summed E-state index contributed by atoms with van der Waals surface area (Å²) >= 11 is 3.35. The smallest absolute Gasteiger partial charge is 0.202 e. The van der Waals surface area contributed by atoms with Crippen LogP contribution in [0.15, 0.2) is 0 Å². The van der Waals surface area contributed by atoms with Gasteiger partial charge in [0.25, 0.3) is 0 Å². The highest BCUT2D eigenvalue weighted by atomic mass is 32.2. The fourth-order valence-electron chi connectivity index (χ4n) is 1.34. The first-order chi connectivity index (χ1) is 7.28. The number of nitrogens with zero attached hydrogens (tertiary/aromatic N) is 2. The standard InChI is InChI=1S/C9H15N3OS2/c1-13-5-7-11-8(15-12-7)10-6-9(14-2)3-4-9/h3-6H2,1-2H3,(H,10,11,12). The molecule has 6 heteroatoms. The van der Waals surface area contributed by atoms with Gasteiger partial charge in [0.1, 0.15) is 6.61 Å². The van der Waals surface area contributed by atoms with Crippen LogP contribution in [0.4, 0.5) is 5.13 Å². The van der Waals surface area contributed by atoms with Crippen LogP contribution in [0.2, 0.25) is 0 Å². The van der Waals surface area contributed by atoms with Gasteiger partial charge in [0.05, 0.1) is 0 Å². The molecule has 1 saturated carbocycles. The molecule has 0 unspecified atom stereocenters. The number of thioether (sulfide) groups is 1. The van der Waals surface area contributed by atoms with Crippen molar-refractivity contribution in [2.45, 2.75) is 24.2 Å². The zero-order valence-electron chi connectivity index (χ0n) is 8.95. The summed E-state index contributed by atoms with van der Waals surface area (Å²) in [6, 6.07) is 0. The fraction of sp³-hybridized carbons (Fsp3) is 0.778. The maximum absolute atomic E-state index is 4.97. The minimum absolute atomic E-state index is 0.465. The van der Waals surface area contributed by atoms with Crippen molar-refractivity contribution in [1.82, 2.24) is 9.36 Å². The molecule has 0 aliphatic heterocycles. The predicted octanol–water partition coefficient (Wildman–Crippen LogP) is 1.99. The minimum atomic E-state index is 0.465. The van der Waals surface area contributed by atoms with Crippen molar-refractivity contribution in [3.8, 4) is 0 Å². The molecule has 1 aromatic rings. The zero-order valence-corrected chi connectivity index (χ0v) is 10.6. The largest absolute Gasteiger partial charge is 0.377 e. The summed E-state index contributed by atoms with van der Waals surface area (Å²) in [5, 5.41) is 4.25. The van der Waals surface area contributed by atoms with Crippen LogP contribution in [0, 0.1) is 0 Å². The number of nitrogens with one attached hydrogen (secondary N) is 1. The van der Waals surface area contributed by atoms with Gasteiger partial charge >= 0.3 is 0 Å². The van der Waals surface area contributed by atoms with Crippen LogP contribution in [0.5, 0.6) is 0 Å². The monoisotopic (exact) mass is 245 g/mol. The summed E-state index contributed by atoms with van der Waals surface area (Å²) in [4.78, 5) is 4.33. The minimum Gasteiger partial charge on any atom is -0.377 e. The number of anilines is 1. The second kappa shape index (κ2) is 4.67. The van der Waals surface area contributed by atoms with E-state index >= 15 is 0 Å². The third-order valence-electron chi connectivity index (χ3n) is 2.54. The average molecular weight is 245 g/mol. The van der Waals surface area contributed by atoms with Gasteiger partial charge in [-0.3, -0.25) is 0 Å². The van der Waals surface area contributed by atoms with Crippen LogP contribution < -0.4 is 5.32 Å². The molecule has 0 radical (unpaired) electrons. The highest BCUT2D eigenvalue weighted by Crippen LogP contribution is 2.47. The lowest BCUT2D eigenvalue weighted by Gasteiger charge is -2.11. The molecule has 0 bridgehead atoms. The fourth-order valence-corrected chi connectivity index (χ4v) is 2.64. The van der Waals surface area contributed by atoms with E-state index in [0.29, 0.717) is 11.4 Å². The Kier molecular flexibility index (Phi) is 3.48. The van der Waals surface area contributed by atoms with Crippen LogP contribution >= 0.6 is 23.3 Å². The molecule has 0 saturated heterocycles. The lowest BCUT2D eigenvalue weighted by atomic mass is 10.4. The van der Waals surface area contributed by atoms with Crippen molar-refractivity contribution in [2.75, 3.05) is 25.2 Å². The van der Waals surface area contributed by atoms with Gasteiger partial charge in [-0.1, -0.05) is 0 Å². The van der Waals surface area contributed by atoms with Crippen molar-refractivity contribution >= 4 is 28.4 Å². The van der Waals surface area contributed by atoms with Gasteiger partial charge < -0.3 is 10.1 Å². The van der Waals surface area contributed by atoms with Gasteiger partial charge in [-0.25, -0.2) is 4.98 Å². The third-order valence-corrected chi connectivity index (χ3v) is 4.67. The van der Waals surface area contributed by atoms with E-state index in [4.69, 9.17) is 4.74 Å². The third kappa shape index (κ3) is 2.83. The van der Waals surface area contributed by atoms with Crippen molar-refractivity contribution in [1.29, 1.82) is 0 Å². The summed E-state index contributed by atoms with van der Waals surface area (Å²) in [6.07, 6.45) is 4.79. The Morgan fingerprint density at radius 3 is 3.00 bits per heavy atom. The van der Waals surface area contributed by atoms with Crippen molar-refractivity contribution < 1.29 is 4.74 Å². The Labute approximate surface area is 98.0 Å². The normalized spacial score (nSPS) is 17.7. The highest BCUT2D eigenvalue weighted by Gasteiger charge is 2.41. The topological polar surface area (TPSA) is 47.0 Å². The SMILES string of the molecule is COCc1nsc(NCC2(SC)CC2)n1. The number of hydrogen-bond acceptors (Lipinski definition) is 6. The Hall–Kier alpha value is -0.330. The number of rotatable bonds is 6. The van der Waals surface area contributed by atoms with Crippen LogP contribution in [0.25, 0.3) is 0 Å². The number of hydrogen-bond donors (Lipinski definition) is 1. The molecule has 0 atom stereocenters. The molecule has 0 spiro atoms. The first kappa shape index (κ1) is 11.2. The van der Waals surface area contributed by atoms with Crippen LogP contribution in [0.3, 0.4) is 0 Å². The Morgan fingerprint density at radius 1 is 1.60 bits per heavy atom. The molecule has 0 amide bonds.